The first kappa shape index (κ1) is 24.8. The fraction of sp³-hybridized carbons (Fsp3) is 0.174. The van der Waals surface area contributed by atoms with Gasteiger partial charge in [-0.05, 0) is 55.9 Å². The molecule has 0 bridgehead atoms. The Morgan fingerprint density at radius 2 is 1.68 bits per heavy atom. The molecule has 0 radical (unpaired) electrons. The Hall–Kier alpha value is -2.29. The van der Waals surface area contributed by atoms with E-state index >= 15 is 0 Å². The third-order valence-electron chi connectivity index (χ3n) is 5.21. The molecule has 4 rings (SSSR count). The monoisotopic (exact) mass is 552 g/mol. The molecule has 0 atom stereocenters. The molecule has 0 spiro atoms. The summed E-state index contributed by atoms with van der Waals surface area (Å²) in [6.45, 7) is 4.91. The van der Waals surface area contributed by atoms with Gasteiger partial charge >= 0.3 is 0 Å². The summed E-state index contributed by atoms with van der Waals surface area (Å²) >= 11 is 30.2. The molecule has 2 aromatic heterocycles. The van der Waals surface area contributed by atoms with Crippen LogP contribution in [0.15, 0.2) is 48.8 Å². The highest BCUT2D eigenvalue weighted by Gasteiger charge is 2.14. The van der Waals surface area contributed by atoms with Gasteiger partial charge in [-0.15, -0.1) is 0 Å². The summed E-state index contributed by atoms with van der Waals surface area (Å²) in [4.78, 5) is 0. The van der Waals surface area contributed by atoms with Crippen LogP contribution >= 0.6 is 58.6 Å². The Bertz CT molecular complexity index is 1340. The van der Waals surface area contributed by atoms with Crippen LogP contribution in [0, 0.1) is 13.8 Å². The lowest BCUT2D eigenvalue weighted by Crippen LogP contribution is -2.19. The maximum Gasteiger partial charge on any atom is 0.175 e. The third-order valence-corrected chi connectivity index (χ3v) is 6.86. The number of halogens is 4. The van der Waals surface area contributed by atoms with Crippen molar-refractivity contribution in [2.45, 2.75) is 26.9 Å². The van der Waals surface area contributed by atoms with Gasteiger partial charge in [0.2, 0.25) is 0 Å². The van der Waals surface area contributed by atoms with E-state index in [-0.39, 0.29) is 0 Å². The molecule has 0 saturated heterocycles. The van der Waals surface area contributed by atoms with Crippen molar-refractivity contribution < 1.29 is 0 Å². The number of rotatable bonds is 6. The van der Waals surface area contributed by atoms with E-state index in [2.05, 4.69) is 20.8 Å². The van der Waals surface area contributed by atoms with Gasteiger partial charge in [-0.25, -0.2) is 0 Å². The van der Waals surface area contributed by atoms with Crippen LogP contribution in [0.4, 0.5) is 11.4 Å². The quantitative estimate of drug-likeness (QED) is 0.247. The third kappa shape index (κ3) is 5.67. The van der Waals surface area contributed by atoms with Crippen molar-refractivity contribution >= 4 is 75.1 Å². The number of nitrogens with one attached hydrogen (secondary N) is 2. The molecule has 2 heterocycles. The van der Waals surface area contributed by atoms with Crippen molar-refractivity contribution in [2.24, 2.45) is 0 Å². The number of anilines is 2. The molecule has 0 aliphatic heterocycles. The second kappa shape index (κ2) is 10.5. The molecule has 6 nitrogen and oxygen atoms in total. The number of aromatic nitrogens is 4. The Balaban J connectivity index is 1.42. The smallest absolute Gasteiger partial charge is 0.175 e. The molecule has 0 saturated carbocycles. The molecule has 4 aromatic rings. The minimum atomic E-state index is 0.426. The summed E-state index contributed by atoms with van der Waals surface area (Å²) in [5.74, 6) is 0. The molecule has 11 heteroatoms. The molecule has 2 N–H and O–H groups in total. The standard InChI is InChI=1S/C23H20Cl4N6S/c1-13-22(14(2)33(31-13)10-15-6-7-20(26)21(27)8-15)30-23(34)29-16-9-28-32(11-16)12-17-18(24)4-3-5-19(17)25/h3-9,11H,10,12H2,1-2H3,(H2,29,30,34). The van der Waals surface area contributed by atoms with Crippen LogP contribution in [0.5, 0.6) is 0 Å². The van der Waals surface area contributed by atoms with Crippen molar-refractivity contribution in [3.8, 4) is 0 Å². The normalized spacial score (nSPS) is 11.0. The zero-order chi connectivity index (χ0) is 24.4. The molecular formula is C23H20Cl4N6S. The first-order valence-electron chi connectivity index (χ1n) is 10.2. The van der Waals surface area contributed by atoms with Crippen LogP contribution in [0.25, 0.3) is 0 Å². The first-order valence-corrected chi connectivity index (χ1v) is 12.1. The highest BCUT2D eigenvalue weighted by Crippen LogP contribution is 2.26. The highest BCUT2D eigenvalue weighted by molar-refractivity contribution is 7.80. The zero-order valence-electron chi connectivity index (χ0n) is 18.2. The molecular weight excluding hydrogens is 534 g/mol. The van der Waals surface area contributed by atoms with E-state index in [4.69, 9.17) is 58.6 Å². The maximum absolute atomic E-state index is 6.27. The summed E-state index contributed by atoms with van der Waals surface area (Å²) in [6.07, 6.45) is 3.52. The van der Waals surface area contributed by atoms with Gasteiger partial charge in [0.1, 0.15) is 0 Å². The van der Waals surface area contributed by atoms with E-state index in [0.29, 0.717) is 38.3 Å². The predicted octanol–water partition coefficient (Wildman–Crippen LogP) is 7.22. The van der Waals surface area contributed by atoms with Gasteiger partial charge in [0.05, 0.1) is 52.1 Å². The Morgan fingerprint density at radius 1 is 0.941 bits per heavy atom. The zero-order valence-corrected chi connectivity index (χ0v) is 22.1. The number of aryl methyl sites for hydroxylation is 1. The second-order valence-corrected chi connectivity index (χ2v) is 9.69. The van der Waals surface area contributed by atoms with Crippen LogP contribution in [0.2, 0.25) is 20.1 Å². The fourth-order valence-electron chi connectivity index (χ4n) is 3.48. The second-order valence-electron chi connectivity index (χ2n) is 7.66. The van der Waals surface area contributed by atoms with Gasteiger partial charge in [-0.3, -0.25) is 9.36 Å². The van der Waals surface area contributed by atoms with E-state index in [1.54, 1.807) is 29.1 Å². The topological polar surface area (TPSA) is 59.7 Å². The maximum atomic E-state index is 6.27. The summed E-state index contributed by atoms with van der Waals surface area (Å²) < 4.78 is 3.63. The summed E-state index contributed by atoms with van der Waals surface area (Å²) in [7, 11) is 0. The van der Waals surface area contributed by atoms with Crippen molar-refractivity contribution in [3.63, 3.8) is 0 Å². The number of hydrogen-bond donors (Lipinski definition) is 2. The summed E-state index contributed by atoms with van der Waals surface area (Å²) in [5, 5.41) is 18.1. The Labute approximate surface area is 222 Å². The van der Waals surface area contributed by atoms with Crippen molar-refractivity contribution in [1.29, 1.82) is 0 Å². The van der Waals surface area contributed by atoms with Gasteiger partial charge in [-0.1, -0.05) is 58.5 Å². The number of thiocarbonyl (C=S) groups is 1. The molecule has 176 valence electrons. The Kier molecular flexibility index (Phi) is 7.70. The van der Waals surface area contributed by atoms with E-state index in [9.17, 15) is 0 Å². The molecule has 34 heavy (non-hydrogen) atoms. The van der Waals surface area contributed by atoms with Crippen LogP contribution < -0.4 is 10.6 Å². The van der Waals surface area contributed by atoms with E-state index in [0.717, 1.165) is 33.9 Å². The average molecular weight is 554 g/mol. The molecule has 0 aliphatic carbocycles. The SMILES string of the molecule is Cc1nn(Cc2ccc(Cl)c(Cl)c2)c(C)c1NC(=S)Nc1cnn(Cc2c(Cl)cccc2Cl)c1. The van der Waals surface area contributed by atoms with E-state index in [1.807, 2.05) is 42.9 Å². The summed E-state index contributed by atoms with van der Waals surface area (Å²) in [6, 6.07) is 11.0. The van der Waals surface area contributed by atoms with E-state index in [1.165, 1.54) is 0 Å². The van der Waals surface area contributed by atoms with Gasteiger partial charge in [0.25, 0.3) is 0 Å². The molecule has 0 unspecified atom stereocenters. The number of nitrogens with zero attached hydrogens (tertiary/aromatic N) is 4. The van der Waals surface area contributed by atoms with Crippen molar-refractivity contribution in [2.75, 3.05) is 10.6 Å². The molecule has 0 amide bonds. The summed E-state index contributed by atoms with van der Waals surface area (Å²) in [5.41, 5.74) is 5.15. The van der Waals surface area contributed by atoms with Gasteiger partial charge in [-0.2, -0.15) is 10.2 Å². The fourth-order valence-corrected chi connectivity index (χ4v) is 4.54. The molecule has 0 aliphatic rings. The lowest BCUT2D eigenvalue weighted by Gasteiger charge is -2.10. The molecule has 2 aromatic carbocycles. The predicted molar refractivity (Wildman–Crippen MR) is 145 cm³/mol. The molecule has 0 fully saturated rings. The average Bonchev–Trinajstić information content (AvgIpc) is 3.32. The number of benzene rings is 2. The minimum Gasteiger partial charge on any atom is -0.330 e. The van der Waals surface area contributed by atoms with Crippen LogP contribution in [-0.2, 0) is 13.1 Å². The Morgan fingerprint density at radius 3 is 2.38 bits per heavy atom. The first-order chi connectivity index (χ1) is 16.2. The van der Waals surface area contributed by atoms with Crippen LogP contribution in [-0.4, -0.2) is 24.7 Å². The van der Waals surface area contributed by atoms with Gasteiger partial charge in [0, 0.05) is 21.8 Å². The van der Waals surface area contributed by atoms with Gasteiger partial charge < -0.3 is 10.6 Å². The van der Waals surface area contributed by atoms with Gasteiger partial charge in [0.15, 0.2) is 5.11 Å². The van der Waals surface area contributed by atoms with Crippen molar-refractivity contribution in [1.82, 2.24) is 19.6 Å². The van der Waals surface area contributed by atoms with E-state index < -0.39 is 0 Å². The van der Waals surface area contributed by atoms with Crippen LogP contribution in [0.3, 0.4) is 0 Å². The lowest BCUT2D eigenvalue weighted by atomic mass is 10.2. The highest BCUT2D eigenvalue weighted by atomic mass is 35.5. The lowest BCUT2D eigenvalue weighted by molar-refractivity contribution is 0.659. The number of hydrogen-bond acceptors (Lipinski definition) is 3. The minimum absolute atomic E-state index is 0.426. The largest absolute Gasteiger partial charge is 0.330 e. The van der Waals surface area contributed by atoms with Crippen molar-refractivity contribution in [3.05, 3.63) is 91.4 Å². The van der Waals surface area contributed by atoms with Crippen LogP contribution in [0.1, 0.15) is 22.5 Å².